The van der Waals surface area contributed by atoms with Crippen LogP contribution in [-0.4, -0.2) is 21.4 Å². The minimum atomic E-state index is -0.395. The lowest BCUT2D eigenvalue weighted by molar-refractivity contribution is -0.384. The van der Waals surface area contributed by atoms with E-state index >= 15 is 0 Å². The van der Waals surface area contributed by atoms with Gasteiger partial charge in [0.25, 0.3) is 5.69 Å². The Morgan fingerprint density at radius 2 is 2.35 bits per heavy atom. The number of aromatic nitrogens is 2. The maximum Gasteiger partial charge on any atom is 0.271 e. The molecule has 0 unspecified atom stereocenters. The van der Waals surface area contributed by atoms with E-state index in [1.807, 2.05) is 0 Å². The fourth-order valence-corrected chi connectivity index (χ4v) is 2.21. The Bertz CT molecular complexity index is 572. The molecule has 0 spiro atoms. The van der Waals surface area contributed by atoms with Crippen molar-refractivity contribution in [3.63, 3.8) is 0 Å². The molecule has 1 aromatic carbocycles. The number of imidazole rings is 1. The zero-order chi connectivity index (χ0) is 11.8. The minimum Gasteiger partial charge on any atom is -0.340 e. The molecular formula is C11H12N4O2. The van der Waals surface area contributed by atoms with Crippen LogP contribution in [0.1, 0.15) is 24.7 Å². The highest BCUT2D eigenvalue weighted by molar-refractivity contribution is 5.77. The molecule has 1 aromatic heterocycles. The standard InChI is InChI=1S/C11H12N4O2/c16-15(17)7-3-4-8-10(6-7)14-11(13-8)9-2-1-5-12-9/h3-4,6,9,12H,1-2,5H2,(H,13,14)/t9-/m0/s1. The molecule has 2 heterocycles. The molecule has 0 saturated carbocycles. The van der Waals surface area contributed by atoms with Crippen molar-refractivity contribution in [2.75, 3.05) is 6.54 Å². The highest BCUT2D eigenvalue weighted by Gasteiger charge is 2.20. The largest absolute Gasteiger partial charge is 0.340 e. The molecule has 3 rings (SSSR count). The van der Waals surface area contributed by atoms with Crippen molar-refractivity contribution in [1.82, 2.24) is 15.3 Å². The summed E-state index contributed by atoms with van der Waals surface area (Å²) in [7, 11) is 0. The van der Waals surface area contributed by atoms with E-state index in [4.69, 9.17) is 0 Å². The molecule has 1 aliphatic heterocycles. The number of benzene rings is 1. The molecule has 6 nitrogen and oxygen atoms in total. The Kier molecular flexibility index (Phi) is 2.29. The van der Waals surface area contributed by atoms with E-state index in [1.165, 1.54) is 12.1 Å². The number of hydrogen-bond donors (Lipinski definition) is 2. The summed E-state index contributed by atoms with van der Waals surface area (Å²) in [6.07, 6.45) is 2.20. The number of nitro benzene ring substituents is 1. The fourth-order valence-electron chi connectivity index (χ4n) is 2.21. The number of non-ortho nitro benzene ring substituents is 1. The highest BCUT2D eigenvalue weighted by Crippen LogP contribution is 2.25. The van der Waals surface area contributed by atoms with Gasteiger partial charge in [-0.2, -0.15) is 0 Å². The third kappa shape index (κ3) is 1.76. The molecule has 2 aromatic rings. The summed E-state index contributed by atoms with van der Waals surface area (Å²) < 4.78 is 0. The Balaban J connectivity index is 2.03. The van der Waals surface area contributed by atoms with E-state index in [0.29, 0.717) is 0 Å². The third-order valence-electron chi connectivity index (χ3n) is 3.08. The second kappa shape index (κ2) is 3.81. The van der Waals surface area contributed by atoms with E-state index < -0.39 is 4.92 Å². The third-order valence-corrected chi connectivity index (χ3v) is 3.08. The van der Waals surface area contributed by atoms with E-state index in [2.05, 4.69) is 15.3 Å². The average molecular weight is 232 g/mol. The van der Waals surface area contributed by atoms with Gasteiger partial charge in [0.05, 0.1) is 22.0 Å². The molecule has 0 bridgehead atoms. The van der Waals surface area contributed by atoms with Crippen LogP contribution in [0.4, 0.5) is 5.69 Å². The van der Waals surface area contributed by atoms with Gasteiger partial charge in [-0.05, 0) is 25.5 Å². The monoisotopic (exact) mass is 232 g/mol. The van der Waals surface area contributed by atoms with Crippen molar-refractivity contribution in [2.45, 2.75) is 18.9 Å². The zero-order valence-electron chi connectivity index (χ0n) is 9.14. The molecule has 2 N–H and O–H groups in total. The van der Waals surface area contributed by atoms with Crippen molar-refractivity contribution >= 4 is 16.7 Å². The number of nitrogens with one attached hydrogen (secondary N) is 2. The molecule has 17 heavy (non-hydrogen) atoms. The van der Waals surface area contributed by atoms with Crippen LogP contribution in [0.5, 0.6) is 0 Å². The van der Waals surface area contributed by atoms with E-state index in [1.54, 1.807) is 6.07 Å². The van der Waals surface area contributed by atoms with Gasteiger partial charge < -0.3 is 10.3 Å². The van der Waals surface area contributed by atoms with Crippen LogP contribution in [0, 0.1) is 10.1 Å². The first-order valence-electron chi connectivity index (χ1n) is 5.61. The normalized spacial score (nSPS) is 19.9. The van der Waals surface area contributed by atoms with Crippen molar-refractivity contribution in [3.05, 3.63) is 34.1 Å². The molecule has 1 fully saturated rings. The van der Waals surface area contributed by atoms with Crippen LogP contribution in [0.15, 0.2) is 18.2 Å². The van der Waals surface area contributed by atoms with Crippen molar-refractivity contribution in [1.29, 1.82) is 0 Å². The van der Waals surface area contributed by atoms with E-state index in [9.17, 15) is 10.1 Å². The first-order chi connectivity index (χ1) is 8.24. The van der Waals surface area contributed by atoms with Crippen LogP contribution < -0.4 is 5.32 Å². The molecule has 1 atom stereocenters. The van der Waals surface area contributed by atoms with Crippen molar-refractivity contribution < 1.29 is 4.92 Å². The smallest absolute Gasteiger partial charge is 0.271 e. The van der Waals surface area contributed by atoms with Gasteiger partial charge in [-0.1, -0.05) is 0 Å². The zero-order valence-corrected chi connectivity index (χ0v) is 9.14. The Labute approximate surface area is 97.2 Å². The topological polar surface area (TPSA) is 83.8 Å². The molecule has 0 amide bonds. The Hall–Kier alpha value is -1.95. The summed E-state index contributed by atoms with van der Waals surface area (Å²) in [4.78, 5) is 17.9. The molecule has 1 aliphatic rings. The van der Waals surface area contributed by atoms with E-state index in [-0.39, 0.29) is 11.7 Å². The molecule has 6 heteroatoms. The maximum absolute atomic E-state index is 10.7. The molecule has 88 valence electrons. The lowest BCUT2D eigenvalue weighted by Crippen LogP contribution is -2.13. The number of nitro groups is 1. The van der Waals surface area contributed by atoms with Gasteiger partial charge in [-0.25, -0.2) is 4.98 Å². The molecule has 0 radical (unpaired) electrons. The predicted octanol–water partition coefficient (Wildman–Crippen LogP) is 1.90. The number of H-pyrrole nitrogens is 1. The second-order valence-electron chi connectivity index (χ2n) is 4.23. The van der Waals surface area contributed by atoms with Crippen LogP contribution in [0.2, 0.25) is 0 Å². The van der Waals surface area contributed by atoms with Gasteiger partial charge in [0.2, 0.25) is 0 Å². The highest BCUT2D eigenvalue weighted by atomic mass is 16.6. The number of hydrogen-bond acceptors (Lipinski definition) is 4. The van der Waals surface area contributed by atoms with Crippen LogP contribution in [-0.2, 0) is 0 Å². The Morgan fingerprint density at radius 1 is 1.47 bits per heavy atom. The summed E-state index contributed by atoms with van der Waals surface area (Å²) in [5, 5.41) is 14.0. The van der Waals surface area contributed by atoms with E-state index in [0.717, 1.165) is 36.2 Å². The summed E-state index contributed by atoms with van der Waals surface area (Å²) in [5.74, 6) is 0.873. The quantitative estimate of drug-likeness (QED) is 0.611. The number of aromatic amines is 1. The number of rotatable bonds is 2. The number of nitrogens with zero attached hydrogens (tertiary/aromatic N) is 2. The van der Waals surface area contributed by atoms with Gasteiger partial charge in [0.15, 0.2) is 0 Å². The number of fused-ring (bicyclic) bond motifs is 1. The molecule has 0 aliphatic carbocycles. The van der Waals surface area contributed by atoms with Crippen LogP contribution in [0.25, 0.3) is 11.0 Å². The lowest BCUT2D eigenvalue weighted by atomic mass is 10.2. The van der Waals surface area contributed by atoms with Gasteiger partial charge in [0.1, 0.15) is 5.82 Å². The first-order valence-corrected chi connectivity index (χ1v) is 5.61. The van der Waals surface area contributed by atoms with Crippen molar-refractivity contribution in [2.24, 2.45) is 0 Å². The maximum atomic E-state index is 10.7. The fraction of sp³-hybridized carbons (Fsp3) is 0.364. The lowest BCUT2D eigenvalue weighted by Gasteiger charge is -2.04. The average Bonchev–Trinajstić information content (AvgIpc) is 2.96. The minimum absolute atomic E-state index is 0.0899. The van der Waals surface area contributed by atoms with Crippen molar-refractivity contribution in [3.8, 4) is 0 Å². The summed E-state index contributed by atoms with van der Waals surface area (Å²) >= 11 is 0. The first kappa shape index (κ1) is 10.2. The predicted molar refractivity (Wildman–Crippen MR) is 62.7 cm³/mol. The van der Waals surface area contributed by atoms with Gasteiger partial charge in [-0.3, -0.25) is 10.1 Å². The van der Waals surface area contributed by atoms with Crippen LogP contribution in [0.3, 0.4) is 0 Å². The molecule has 1 saturated heterocycles. The van der Waals surface area contributed by atoms with Crippen LogP contribution >= 0.6 is 0 Å². The summed E-state index contributed by atoms with van der Waals surface area (Å²) in [5.41, 5.74) is 1.59. The van der Waals surface area contributed by atoms with Gasteiger partial charge >= 0.3 is 0 Å². The van der Waals surface area contributed by atoms with Gasteiger partial charge in [0, 0.05) is 12.1 Å². The Morgan fingerprint density at radius 3 is 3.06 bits per heavy atom. The molecular weight excluding hydrogens is 220 g/mol. The van der Waals surface area contributed by atoms with Gasteiger partial charge in [-0.15, -0.1) is 0 Å². The SMILES string of the molecule is O=[N+]([O-])c1ccc2nc([C@@H]3CCCN3)[nH]c2c1. The second-order valence-corrected chi connectivity index (χ2v) is 4.23. The summed E-state index contributed by atoms with van der Waals surface area (Å²) in [6, 6.07) is 4.94. The summed E-state index contributed by atoms with van der Waals surface area (Å²) in [6.45, 7) is 1.00.